The van der Waals surface area contributed by atoms with Gasteiger partial charge in [-0.15, -0.1) is 0 Å². The Morgan fingerprint density at radius 3 is 2.94 bits per heavy atom. The molecule has 0 spiro atoms. The molecular weight excluding hydrogens is 214 g/mol. The fraction of sp³-hybridized carbons (Fsp3) is 0.615. The highest BCUT2D eigenvalue weighted by Crippen LogP contribution is 2.06. The van der Waals surface area contributed by atoms with Crippen molar-refractivity contribution in [1.29, 1.82) is 0 Å². The minimum absolute atomic E-state index is 0.107. The maximum atomic E-state index is 11.4. The van der Waals surface area contributed by atoms with E-state index in [1.54, 1.807) is 18.5 Å². The zero-order valence-corrected chi connectivity index (χ0v) is 10.2. The van der Waals surface area contributed by atoms with Gasteiger partial charge in [-0.2, -0.15) is 0 Å². The van der Waals surface area contributed by atoms with E-state index in [2.05, 4.69) is 15.2 Å². The first-order chi connectivity index (χ1) is 8.36. The Morgan fingerprint density at radius 1 is 1.35 bits per heavy atom. The van der Waals surface area contributed by atoms with Crippen LogP contribution < -0.4 is 10.7 Å². The largest absolute Gasteiger partial charge is 0.367 e. The van der Waals surface area contributed by atoms with Crippen LogP contribution in [-0.2, 0) is 6.54 Å². The fourth-order valence-corrected chi connectivity index (χ4v) is 2.25. The summed E-state index contributed by atoms with van der Waals surface area (Å²) < 4.78 is 0. The molecule has 17 heavy (non-hydrogen) atoms. The van der Waals surface area contributed by atoms with E-state index in [1.807, 2.05) is 0 Å². The highest BCUT2D eigenvalue weighted by molar-refractivity contribution is 5.08. The van der Waals surface area contributed by atoms with E-state index < -0.39 is 0 Å². The van der Waals surface area contributed by atoms with E-state index in [-0.39, 0.29) is 5.43 Å². The number of hydrogen-bond acceptors (Lipinski definition) is 3. The minimum atomic E-state index is 0.107. The molecule has 1 fully saturated rings. The predicted molar refractivity (Wildman–Crippen MR) is 69.1 cm³/mol. The molecule has 0 saturated carbocycles. The standard InChI is InChI=1S/C13H21N3O/c17-13-4-6-15-11-12(13)10-14-5-3-9-16-7-1-2-8-16/h4,6,11,14H,1-3,5,7-10H2,(H,15,17). The van der Waals surface area contributed by atoms with E-state index in [0.717, 1.165) is 18.5 Å². The average Bonchev–Trinajstić information content (AvgIpc) is 2.84. The zero-order valence-electron chi connectivity index (χ0n) is 10.2. The molecule has 0 aliphatic carbocycles. The number of nitrogens with one attached hydrogen (secondary N) is 2. The highest BCUT2D eigenvalue weighted by atomic mass is 16.1. The highest BCUT2D eigenvalue weighted by Gasteiger charge is 2.09. The van der Waals surface area contributed by atoms with Crippen LogP contribution in [-0.4, -0.2) is 36.1 Å². The molecule has 4 nitrogen and oxygen atoms in total. The van der Waals surface area contributed by atoms with Gasteiger partial charge in [-0.1, -0.05) is 0 Å². The Morgan fingerprint density at radius 2 is 2.18 bits per heavy atom. The number of hydrogen-bond donors (Lipinski definition) is 2. The SMILES string of the molecule is O=c1cc[nH]cc1CNCCCN1CCCC1. The first-order valence-electron chi connectivity index (χ1n) is 6.45. The Hall–Kier alpha value is -1.13. The van der Waals surface area contributed by atoms with Gasteiger partial charge < -0.3 is 15.2 Å². The van der Waals surface area contributed by atoms with Gasteiger partial charge in [-0.25, -0.2) is 0 Å². The van der Waals surface area contributed by atoms with Crippen molar-refractivity contribution in [3.63, 3.8) is 0 Å². The number of rotatable bonds is 6. The van der Waals surface area contributed by atoms with Crippen LogP contribution in [0.2, 0.25) is 0 Å². The minimum Gasteiger partial charge on any atom is -0.367 e. The normalized spacial score (nSPS) is 16.5. The van der Waals surface area contributed by atoms with Crippen LogP contribution in [0.3, 0.4) is 0 Å². The molecule has 0 unspecified atom stereocenters. The number of aromatic nitrogens is 1. The molecular formula is C13H21N3O. The topological polar surface area (TPSA) is 48.1 Å². The number of pyridine rings is 1. The van der Waals surface area contributed by atoms with Gasteiger partial charge in [-0.05, 0) is 45.4 Å². The number of H-pyrrole nitrogens is 1. The van der Waals surface area contributed by atoms with Crippen molar-refractivity contribution >= 4 is 0 Å². The van der Waals surface area contributed by atoms with E-state index in [1.165, 1.54) is 32.5 Å². The quantitative estimate of drug-likeness (QED) is 0.722. The number of aromatic amines is 1. The van der Waals surface area contributed by atoms with Gasteiger partial charge in [0, 0.05) is 30.6 Å². The smallest absolute Gasteiger partial charge is 0.186 e. The van der Waals surface area contributed by atoms with Crippen molar-refractivity contribution in [2.75, 3.05) is 26.2 Å². The Balaban J connectivity index is 1.60. The fourth-order valence-electron chi connectivity index (χ4n) is 2.25. The monoisotopic (exact) mass is 235 g/mol. The van der Waals surface area contributed by atoms with Crippen LogP contribution in [0, 0.1) is 0 Å². The summed E-state index contributed by atoms with van der Waals surface area (Å²) in [5.74, 6) is 0. The Bertz CT molecular complexity index is 382. The third-order valence-corrected chi connectivity index (χ3v) is 3.25. The molecule has 0 aromatic carbocycles. The molecule has 1 aromatic heterocycles. The molecule has 4 heteroatoms. The molecule has 1 aliphatic heterocycles. The average molecular weight is 235 g/mol. The van der Waals surface area contributed by atoms with Gasteiger partial charge in [0.2, 0.25) is 0 Å². The van der Waals surface area contributed by atoms with Gasteiger partial charge in [0.1, 0.15) is 0 Å². The lowest BCUT2D eigenvalue weighted by atomic mass is 10.2. The van der Waals surface area contributed by atoms with Crippen molar-refractivity contribution in [2.24, 2.45) is 0 Å². The third-order valence-electron chi connectivity index (χ3n) is 3.25. The van der Waals surface area contributed by atoms with Crippen molar-refractivity contribution in [3.8, 4) is 0 Å². The van der Waals surface area contributed by atoms with E-state index in [4.69, 9.17) is 0 Å². The molecule has 1 aromatic rings. The second-order valence-electron chi connectivity index (χ2n) is 4.61. The molecule has 2 N–H and O–H groups in total. The van der Waals surface area contributed by atoms with Crippen LogP contribution in [0.25, 0.3) is 0 Å². The van der Waals surface area contributed by atoms with Crippen LogP contribution in [0.4, 0.5) is 0 Å². The summed E-state index contributed by atoms with van der Waals surface area (Å²) in [6, 6.07) is 1.57. The molecule has 0 amide bonds. The molecule has 2 rings (SSSR count). The van der Waals surface area contributed by atoms with Crippen LogP contribution >= 0.6 is 0 Å². The second kappa shape index (κ2) is 6.57. The Kier molecular flexibility index (Phi) is 4.76. The summed E-state index contributed by atoms with van der Waals surface area (Å²) in [6.07, 6.45) is 7.30. The van der Waals surface area contributed by atoms with Crippen molar-refractivity contribution in [2.45, 2.75) is 25.8 Å². The van der Waals surface area contributed by atoms with Crippen LogP contribution in [0.15, 0.2) is 23.3 Å². The summed E-state index contributed by atoms with van der Waals surface area (Å²) >= 11 is 0. The summed E-state index contributed by atoms with van der Waals surface area (Å²) in [4.78, 5) is 16.9. The zero-order chi connectivity index (χ0) is 11.9. The van der Waals surface area contributed by atoms with Crippen LogP contribution in [0.5, 0.6) is 0 Å². The summed E-state index contributed by atoms with van der Waals surface area (Å²) in [6.45, 7) is 5.34. The molecule has 1 saturated heterocycles. The lowest BCUT2D eigenvalue weighted by Crippen LogP contribution is -2.25. The lowest BCUT2D eigenvalue weighted by Gasteiger charge is -2.14. The van der Waals surface area contributed by atoms with Gasteiger partial charge in [0.05, 0.1) is 0 Å². The van der Waals surface area contributed by atoms with E-state index in [0.29, 0.717) is 6.54 Å². The predicted octanol–water partition coefficient (Wildman–Crippen LogP) is 0.950. The first kappa shape index (κ1) is 12.3. The maximum Gasteiger partial charge on any atom is 0.186 e. The van der Waals surface area contributed by atoms with E-state index >= 15 is 0 Å². The maximum absolute atomic E-state index is 11.4. The van der Waals surface area contributed by atoms with E-state index in [9.17, 15) is 4.79 Å². The molecule has 0 bridgehead atoms. The molecule has 94 valence electrons. The lowest BCUT2D eigenvalue weighted by molar-refractivity contribution is 0.331. The summed E-state index contributed by atoms with van der Waals surface area (Å²) in [5.41, 5.74) is 0.921. The number of nitrogens with zero attached hydrogens (tertiary/aromatic N) is 1. The van der Waals surface area contributed by atoms with Gasteiger partial charge >= 0.3 is 0 Å². The van der Waals surface area contributed by atoms with Gasteiger partial charge in [0.25, 0.3) is 0 Å². The van der Waals surface area contributed by atoms with Crippen LogP contribution in [0.1, 0.15) is 24.8 Å². The van der Waals surface area contributed by atoms with Crippen molar-refractivity contribution < 1.29 is 0 Å². The van der Waals surface area contributed by atoms with Gasteiger partial charge in [0.15, 0.2) is 5.43 Å². The first-order valence-corrected chi connectivity index (χ1v) is 6.45. The molecule has 0 radical (unpaired) electrons. The second-order valence-corrected chi connectivity index (χ2v) is 4.61. The van der Waals surface area contributed by atoms with Gasteiger partial charge in [-0.3, -0.25) is 4.79 Å². The third kappa shape index (κ3) is 3.98. The summed E-state index contributed by atoms with van der Waals surface area (Å²) in [7, 11) is 0. The summed E-state index contributed by atoms with van der Waals surface area (Å²) in [5, 5.41) is 3.32. The molecule has 0 atom stereocenters. The van der Waals surface area contributed by atoms with Crippen molar-refractivity contribution in [3.05, 3.63) is 34.2 Å². The van der Waals surface area contributed by atoms with Crippen molar-refractivity contribution in [1.82, 2.24) is 15.2 Å². The molecule has 2 heterocycles. The Labute approximate surface area is 102 Å². The number of likely N-dealkylation sites (tertiary alicyclic amines) is 1. The molecule has 1 aliphatic rings.